The summed E-state index contributed by atoms with van der Waals surface area (Å²) in [6.07, 6.45) is 0.950. The van der Waals surface area contributed by atoms with Crippen molar-refractivity contribution in [1.82, 2.24) is 4.90 Å². The lowest BCUT2D eigenvalue weighted by atomic mass is 10.1. The molecule has 0 saturated heterocycles. The lowest BCUT2D eigenvalue weighted by Crippen LogP contribution is -2.34. The number of benzene rings is 1. The zero-order chi connectivity index (χ0) is 16.5. The summed E-state index contributed by atoms with van der Waals surface area (Å²) in [5.41, 5.74) is 1.05. The maximum atomic E-state index is 12.5. The summed E-state index contributed by atoms with van der Waals surface area (Å²) in [6, 6.07) is 6.75. The minimum absolute atomic E-state index is 0.160. The quantitative estimate of drug-likeness (QED) is 0.782. The van der Waals surface area contributed by atoms with Gasteiger partial charge in [-0.25, -0.2) is 0 Å². The number of carbonyl (C=O) groups excluding carboxylic acids is 3. The van der Waals surface area contributed by atoms with E-state index in [2.05, 4.69) is 10.1 Å². The molecule has 1 rings (SSSR count). The first-order valence-corrected chi connectivity index (χ1v) is 7.21. The molecule has 0 aliphatic carbocycles. The second kappa shape index (κ2) is 8.81. The van der Waals surface area contributed by atoms with Gasteiger partial charge in [0.15, 0.2) is 0 Å². The van der Waals surface area contributed by atoms with Crippen LogP contribution in [-0.4, -0.2) is 42.9 Å². The number of hydrogen-bond donors (Lipinski definition) is 1. The van der Waals surface area contributed by atoms with Gasteiger partial charge in [-0.05, 0) is 24.6 Å². The SMILES string of the molecule is CCCN(CCC(=O)OC)C(=O)c1cccc(NC(C)=O)c1. The van der Waals surface area contributed by atoms with E-state index in [1.807, 2.05) is 6.92 Å². The third kappa shape index (κ3) is 5.55. The highest BCUT2D eigenvalue weighted by Gasteiger charge is 2.16. The molecule has 0 radical (unpaired) electrons. The van der Waals surface area contributed by atoms with E-state index in [1.165, 1.54) is 14.0 Å². The predicted octanol–water partition coefficient (Wildman–Crippen LogP) is 2.06. The van der Waals surface area contributed by atoms with Crippen molar-refractivity contribution in [3.8, 4) is 0 Å². The Bertz CT molecular complexity index is 543. The van der Waals surface area contributed by atoms with Crippen LogP contribution in [0, 0.1) is 0 Å². The summed E-state index contributed by atoms with van der Waals surface area (Å²) in [4.78, 5) is 36.5. The Balaban J connectivity index is 2.84. The van der Waals surface area contributed by atoms with Crippen molar-refractivity contribution in [1.29, 1.82) is 0 Å². The lowest BCUT2D eigenvalue weighted by molar-refractivity contribution is -0.140. The zero-order valence-electron chi connectivity index (χ0n) is 13.2. The monoisotopic (exact) mass is 306 g/mol. The molecule has 0 heterocycles. The molecule has 0 unspecified atom stereocenters. The van der Waals surface area contributed by atoms with Crippen LogP contribution >= 0.6 is 0 Å². The van der Waals surface area contributed by atoms with Crippen LogP contribution < -0.4 is 5.32 Å². The minimum atomic E-state index is -0.346. The van der Waals surface area contributed by atoms with Crippen LogP contribution in [0.25, 0.3) is 0 Å². The van der Waals surface area contributed by atoms with E-state index in [9.17, 15) is 14.4 Å². The highest BCUT2D eigenvalue weighted by atomic mass is 16.5. The van der Waals surface area contributed by atoms with E-state index in [0.29, 0.717) is 24.3 Å². The summed E-state index contributed by atoms with van der Waals surface area (Å²) < 4.78 is 4.60. The van der Waals surface area contributed by atoms with Crippen LogP contribution in [0.4, 0.5) is 5.69 Å². The fourth-order valence-electron chi connectivity index (χ4n) is 2.03. The van der Waals surface area contributed by atoms with Gasteiger partial charge < -0.3 is 15.0 Å². The van der Waals surface area contributed by atoms with Crippen LogP contribution in [0.5, 0.6) is 0 Å². The summed E-state index contributed by atoms with van der Waals surface area (Å²) in [7, 11) is 1.32. The van der Waals surface area contributed by atoms with E-state index < -0.39 is 0 Å². The Kier molecular flexibility index (Phi) is 7.08. The van der Waals surface area contributed by atoms with E-state index in [1.54, 1.807) is 29.2 Å². The normalized spacial score (nSPS) is 9.95. The van der Waals surface area contributed by atoms with Crippen molar-refractivity contribution >= 4 is 23.5 Å². The van der Waals surface area contributed by atoms with Gasteiger partial charge in [-0.1, -0.05) is 13.0 Å². The average molecular weight is 306 g/mol. The molecule has 0 aromatic heterocycles. The van der Waals surface area contributed by atoms with Crippen LogP contribution in [0.2, 0.25) is 0 Å². The van der Waals surface area contributed by atoms with Gasteiger partial charge >= 0.3 is 5.97 Å². The summed E-state index contributed by atoms with van der Waals surface area (Å²) in [5, 5.41) is 2.65. The molecule has 0 spiro atoms. The van der Waals surface area contributed by atoms with Crippen LogP contribution in [0.15, 0.2) is 24.3 Å². The van der Waals surface area contributed by atoms with Crippen LogP contribution in [-0.2, 0) is 14.3 Å². The number of amides is 2. The van der Waals surface area contributed by atoms with Gasteiger partial charge in [0.05, 0.1) is 13.5 Å². The molecule has 0 aliphatic heterocycles. The minimum Gasteiger partial charge on any atom is -0.469 e. The number of rotatable bonds is 7. The molecule has 0 saturated carbocycles. The number of esters is 1. The average Bonchev–Trinajstić information content (AvgIpc) is 2.50. The van der Waals surface area contributed by atoms with Crippen molar-refractivity contribution in [2.45, 2.75) is 26.7 Å². The second-order valence-electron chi connectivity index (χ2n) is 4.88. The molecule has 22 heavy (non-hydrogen) atoms. The number of nitrogens with one attached hydrogen (secondary N) is 1. The molecule has 0 bridgehead atoms. The molecule has 1 aromatic rings. The van der Waals surface area contributed by atoms with Crippen molar-refractivity contribution < 1.29 is 19.1 Å². The van der Waals surface area contributed by atoms with Gasteiger partial charge in [0.25, 0.3) is 5.91 Å². The first-order chi connectivity index (χ1) is 10.5. The van der Waals surface area contributed by atoms with Crippen LogP contribution in [0.3, 0.4) is 0 Å². The molecule has 6 heteroatoms. The molecule has 120 valence electrons. The molecule has 0 aliphatic rings. The largest absolute Gasteiger partial charge is 0.469 e. The smallest absolute Gasteiger partial charge is 0.307 e. The Labute approximate surface area is 130 Å². The van der Waals surface area contributed by atoms with Gasteiger partial charge in [0.2, 0.25) is 5.91 Å². The molecular weight excluding hydrogens is 284 g/mol. The summed E-state index contributed by atoms with van der Waals surface area (Å²) in [5.74, 6) is -0.709. The number of carbonyl (C=O) groups is 3. The third-order valence-electron chi connectivity index (χ3n) is 3.02. The highest BCUT2D eigenvalue weighted by molar-refractivity contribution is 5.97. The maximum Gasteiger partial charge on any atom is 0.307 e. The molecule has 0 fully saturated rings. The van der Waals surface area contributed by atoms with E-state index in [-0.39, 0.29) is 24.2 Å². The molecular formula is C16H22N2O4. The van der Waals surface area contributed by atoms with Crippen LogP contribution in [0.1, 0.15) is 37.0 Å². The Morgan fingerprint density at radius 2 is 1.95 bits per heavy atom. The lowest BCUT2D eigenvalue weighted by Gasteiger charge is -2.22. The van der Waals surface area contributed by atoms with Crippen molar-refractivity contribution in [3.63, 3.8) is 0 Å². The van der Waals surface area contributed by atoms with Crippen molar-refractivity contribution in [2.24, 2.45) is 0 Å². The fraction of sp³-hybridized carbons (Fsp3) is 0.438. The topological polar surface area (TPSA) is 75.7 Å². The number of anilines is 1. The number of hydrogen-bond acceptors (Lipinski definition) is 4. The molecule has 1 aromatic carbocycles. The number of nitrogens with zero attached hydrogens (tertiary/aromatic N) is 1. The van der Waals surface area contributed by atoms with Gasteiger partial charge in [-0.2, -0.15) is 0 Å². The third-order valence-corrected chi connectivity index (χ3v) is 3.02. The molecule has 0 atom stereocenters. The number of ether oxygens (including phenoxy) is 1. The molecule has 2 amide bonds. The second-order valence-corrected chi connectivity index (χ2v) is 4.88. The summed E-state index contributed by atoms with van der Waals surface area (Å²) >= 11 is 0. The summed E-state index contributed by atoms with van der Waals surface area (Å²) in [6.45, 7) is 4.24. The molecule has 1 N–H and O–H groups in total. The standard InChI is InChI=1S/C16H22N2O4/c1-4-9-18(10-8-15(20)22-3)16(21)13-6-5-7-14(11-13)17-12(2)19/h5-7,11H,4,8-10H2,1-3H3,(H,17,19). The fourth-order valence-corrected chi connectivity index (χ4v) is 2.03. The maximum absolute atomic E-state index is 12.5. The Hall–Kier alpha value is -2.37. The highest BCUT2D eigenvalue weighted by Crippen LogP contribution is 2.13. The van der Waals surface area contributed by atoms with Gasteiger partial charge in [-0.3, -0.25) is 14.4 Å². The van der Waals surface area contributed by atoms with Crippen molar-refractivity contribution in [3.05, 3.63) is 29.8 Å². The zero-order valence-corrected chi connectivity index (χ0v) is 13.2. The van der Waals surface area contributed by atoms with Gasteiger partial charge in [0, 0.05) is 31.3 Å². The molecule has 6 nitrogen and oxygen atoms in total. The Morgan fingerprint density at radius 3 is 2.55 bits per heavy atom. The van der Waals surface area contributed by atoms with Gasteiger partial charge in [-0.15, -0.1) is 0 Å². The van der Waals surface area contributed by atoms with Gasteiger partial charge in [0.1, 0.15) is 0 Å². The first kappa shape index (κ1) is 17.7. The van der Waals surface area contributed by atoms with E-state index in [0.717, 1.165) is 6.42 Å². The van der Waals surface area contributed by atoms with E-state index in [4.69, 9.17) is 0 Å². The Morgan fingerprint density at radius 1 is 1.23 bits per heavy atom. The van der Waals surface area contributed by atoms with Crippen molar-refractivity contribution in [2.75, 3.05) is 25.5 Å². The van der Waals surface area contributed by atoms with E-state index >= 15 is 0 Å². The predicted molar refractivity (Wildman–Crippen MR) is 83.6 cm³/mol. The first-order valence-electron chi connectivity index (χ1n) is 7.21. The number of methoxy groups -OCH3 is 1.